The molecule has 0 bridgehead atoms. The van der Waals surface area contributed by atoms with Gasteiger partial charge in [-0.15, -0.1) is 0 Å². The number of hydrogen-bond acceptors (Lipinski definition) is 4. The van der Waals surface area contributed by atoms with Crippen LogP contribution < -0.4 is 10.9 Å². The molecule has 0 atom stereocenters. The molecule has 3 rings (SSSR count). The number of aryl methyl sites for hydroxylation is 1. The highest BCUT2D eigenvalue weighted by molar-refractivity contribution is 5.81. The lowest BCUT2D eigenvalue weighted by Gasteiger charge is -2.31. The Balaban J connectivity index is 1.82. The Kier molecular flexibility index (Phi) is 4.34. The molecule has 1 N–H and O–H groups in total. The minimum absolute atomic E-state index is 0.126. The van der Waals surface area contributed by atoms with Crippen molar-refractivity contribution in [3.63, 3.8) is 0 Å². The van der Waals surface area contributed by atoms with Gasteiger partial charge in [0.15, 0.2) is 0 Å². The molecule has 0 radical (unpaired) electrons. The van der Waals surface area contributed by atoms with Gasteiger partial charge in [-0.25, -0.2) is 4.98 Å². The Bertz CT molecular complexity index is 873. The van der Waals surface area contributed by atoms with Crippen LogP contribution in [0.2, 0.25) is 0 Å². The van der Waals surface area contributed by atoms with E-state index in [9.17, 15) is 14.9 Å². The highest BCUT2D eigenvalue weighted by Crippen LogP contribution is 2.27. The van der Waals surface area contributed by atoms with Crippen molar-refractivity contribution in [2.75, 3.05) is 0 Å². The van der Waals surface area contributed by atoms with E-state index < -0.39 is 5.54 Å². The zero-order valence-electron chi connectivity index (χ0n) is 13.7. The lowest BCUT2D eigenvalue weighted by molar-refractivity contribution is -0.123. The molecule has 6 nitrogen and oxygen atoms in total. The van der Waals surface area contributed by atoms with E-state index in [1.165, 1.54) is 10.9 Å². The first kappa shape index (κ1) is 16.2. The molecule has 2 aromatic rings. The average molecular weight is 324 g/mol. The van der Waals surface area contributed by atoms with E-state index >= 15 is 0 Å². The van der Waals surface area contributed by atoms with Crippen LogP contribution in [0, 0.1) is 18.3 Å². The number of carbonyl (C=O) groups is 1. The van der Waals surface area contributed by atoms with E-state index in [1.807, 2.05) is 13.0 Å². The number of rotatable bonds is 3. The number of nitriles is 1. The Hall–Kier alpha value is -2.68. The first-order valence-corrected chi connectivity index (χ1v) is 8.22. The van der Waals surface area contributed by atoms with E-state index in [-0.39, 0.29) is 18.0 Å². The van der Waals surface area contributed by atoms with E-state index in [0.717, 1.165) is 24.8 Å². The second kappa shape index (κ2) is 6.44. The molecule has 0 unspecified atom stereocenters. The third-order valence-corrected chi connectivity index (χ3v) is 4.67. The number of nitrogens with zero attached hydrogens (tertiary/aromatic N) is 3. The molecule has 1 aromatic heterocycles. The van der Waals surface area contributed by atoms with Crippen LogP contribution in [0.1, 0.15) is 37.7 Å². The number of carbonyl (C=O) groups excluding carboxylic acids is 1. The van der Waals surface area contributed by atoms with Crippen LogP contribution >= 0.6 is 0 Å². The summed E-state index contributed by atoms with van der Waals surface area (Å²) in [4.78, 5) is 29.2. The van der Waals surface area contributed by atoms with Crippen molar-refractivity contribution in [1.82, 2.24) is 14.9 Å². The van der Waals surface area contributed by atoms with E-state index in [4.69, 9.17) is 0 Å². The molecule has 1 saturated carbocycles. The van der Waals surface area contributed by atoms with Crippen LogP contribution in [0.3, 0.4) is 0 Å². The van der Waals surface area contributed by atoms with E-state index in [0.29, 0.717) is 23.7 Å². The molecular formula is C18H20N4O2. The molecular weight excluding hydrogens is 304 g/mol. The largest absolute Gasteiger partial charge is 0.336 e. The number of aromatic nitrogens is 2. The second-order valence-electron chi connectivity index (χ2n) is 6.45. The summed E-state index contributed by atoms with van der Waals surface area (Å²) >= 11 is 0. The van der Waals surface area contributed by atoms with Crippen molar-refractivity contribution in [1.29, 1.82) is 5.26 Å². The van der Waals surface area contributed by atoms with Crippen LogP contribution in [0.4, 0.5) is 0 Å². The van der Waals surface area contributed by atoms with Crippen molar-refractivity contribution in [2.24, 2.45) is 0 Å². The molecule has 24 heavy (non-hydrogen) atoms. The normalized spacial score (nSPS) is 16.5. The van der Waals surface area contributed by atoms with Crippen molar-refractivity contribution >= 4 is 16.8 Å². The van der Waals surface area contributed by atoms with Crippen molar-refractivity contribution < 1.29 is 4.79 Å². The van der Waals surface area contributed by atoms with E-state index in [1.54, 1.807) is 12.1 Å². The summed E-state index contributed by atoms with van der Waals surface area (Å²) in [5, 5.41) is 12.8. The van der Waals surface area contributed by atoms with Crippen LogP contribution in [0.25, 0.3) is 10.9 Å². The maximum absolute atomic E-state index is 12.5. The Morgan fingerprint density at radius 1 is 1.38 bits per heavy atom. The lowest BCUT2D eigenvalue weighted by atomic mass is 9.83. The molecule has 0 spiro atoms. The molecule has 1 amide bonds. The molecule has 1 aromatic carbocycles. The van der Waals surface area contributed by atoms with Crippen LogP contribution in [-0.2, 0) is 11.3 Å². The fourth-order valence-electron chi connectivity index (χ4n) is 3.33. The molecule has 124 valence electrons. The topological polar surface area (TPSA) is 87.8 Å². The first-order chi connectivity index (χ1) is 11.5. The monoisotopic (exact) mass is 324 g/mol. The van der Waals surface area contributed by atoms with Gasteiger partial charge in [0.1, 0.15) is 12.1 Å². The van der Waals surface area contributed by atoms with Gasteiger partial charge in [-0.1, -0.05) is 31.4 Å². The third-order valence-electron chi connectivity index (χ3n) is 4.67. The average Bonchev–Trinajstić information content (AvgIpc) is 2.59. The summed E-state index contributed by atoms with van der Waals surface area (Å²) in [6.07, 6.45) is 5.69. The van der Waals surface area contributed by atoms with Gasteiger partial charge in [0.25, 0.3) is 5.56 Å². The molecule has 1 aliphatic carbocycles. The van der Waals surface area contributed by atoms with Gasteiger partial charge >= 0.3 is 0 Å². The van der Waals surface area contributed by atoms with Gasteiger partial charge < -0.3 is 5.32 Å². The highest BCUT2D eigenvalue weighted by Gasteiger charge is 2.33. The number of para-hydroxylation sites is 1. The molecule has 0 aliphatic heterocycles. The van der Waals surface area contributed by atoms with Gasteiger partial charge in [0.2, 0.25) is 5.91 Å². The van der Waals surface area contributed by atoms with Crippen LogP contribution in [0.5, 0.6) is 0 Å². The fraction of sp³-hybridized carbons (Fsp3) is 0.444. The number of fused-ring (bicyclic) bond motifs is 1. The predicted molar refractivity (Wildman–Crippen MR) is 90.3 cm³/mol. The first-order valence-electron chi connectivity index (χ1n) is 8.22. The summed E-state index contributed by atoms with van der Waals surface area (Å²) in [7, 11) is 0. The summed E-state index contributed by atoms with van der Waals surface area (Å²) in [5.74, 6) is -0.325. The van der Waals surface area contributed by atoms with Gasteiger partial charge in [0, 0.05) is 0 Å². The van der Waals surface area contributed by atoms with E-state index in [2.05, 4.69) is 16.4 Å². The minimum Gasteiger partial charge on any atom is -0.336 e. The standard InChI is InChI=1S/C18H20N4O2/c1-13-6-5-7-14-16(13)20-12-22(17(14)24)10-15(23)21-18(11-19)8-3-2-4-9-18/h5-7,12H,2-4,8-10H2,1H3,(H,21,23). The van der Waals surface area contributed by atoms with Gasteiger partial charge in [-0.3, -0.25) is 14.2 Å². The smallest absolute Gasteiger partial charge is 0.261 e. The number of hydrogen-bond donors (Lipinski definition) is 1. The van der Waals surface area contributed by atoms with Gasteiger partial charge in [-0.05, 0) is 31.4 Å². The second-order valence-corrected chi connectivity index (χ2v) is 6.45. The Morgan fingerprint density at radius 3 is 2.83 bits per heavy atom. The van der Waals surface area contributed by atoms with Crippen LogP contribution in [0.15, 0.2) is 29.3 Å². The fourth-order valence-corrected chi connectivity index (χ4v) is 3.33. The predicted octanol–water partition coefficient (Wildman–Crippen LogP) is 2.05. The summed E-state index contributed by atoms with van der Waals surface area (Å²) < 4.78 is 1.30. The Morgan fingerprint density at radius 2 is 2.12 bits per heavy atom. The Labute approximate surface area is 140 Å². The molecule has 1 aliphatic rings. The van der Waals surface area contributed by atoms with Crippen molar-refractivity contribution in [2.45, 2.75) is 51.1 Å². The van der Waals surface area contributed by atoms with Crippen LogP contribution in [-0.4, -0.2) is 21.0 Å². The molecule has 1 heterocycles. The summed E-state index contributed by atoms with van der Waals surface area (Å²) in [6.45, 7) is 1.77. The van der Waals surface area contributed by atoms with Gasteiger partial charge in [-0.2, -0.15) is 5.26 Å². The summed E-state index contributed by atoms with van der Waals surface area (Å²) in [6, 6.07) is 7.66. The molecule has 6 heteroatoms. The highest BCUT2D eigenvalue weighted by atomic mass is 16.2. The van der Waals surface area contributed by atoms with Gasteiger partial charge in [0.05, 0.1) is 23.3 Å². The number of amides is 1. The quantitative estimate of drug-likeness (QED) is 0.936. The summed E-state index contributed by atoms with van der Waals surface area (Å²) in [5.41, 5.74) is 0.542. The molecule has 1 fully saturated rings. The number of benzene rings is 1. The van der Waals surface area contributed by atoms with Crippen molar-refractivity contribution in [3.8, 4) is 6.07 Å². The zero-order chi connectivity index (χ0) is 17.2. The SMILES string of the molecule is Cc1cccc2c(=O)n(CC(=O)NC3(C#N)CCCCC3)cnc12. The zero-order valence-corrected chi connectivity index (χ0v) is 13.7. The number of nitrogens with one attached hydrogen (secondary N) is 1. The third kappa shape index (κ3) is 3.02. The lowest BCUT2D eigenvalue weighted by Crippen LogP contribution is -2.50. The maximum Gasteiger partial charge on any atom is 0.261 e. The van der Waals surface area contributed by atoms with Crippen molar-refractivity contribution in [3.05, 3.63) is 40.4 Å². The maximum atomic E-state index is 12.5. The minimum atomic E-state index is -0.792. The molecule has 0 saturated heterocycles.